The molecule has 1 aliphatic rings. The van der Waals surface area contributed by atoms with E-state index >= 15 is 0 Å². The SMILES string of the molecule is COC(=O)C(NC(=O)c1cccc(S(=O)(=O)N2CCCC2)c1)c1ccc(OC)c(O)c1. The van der Waals surface area contributed by atoms with Crippen LogP contribution in [-0.2, 0) is 19.6 Å². The molecule has 1 aliphatic heterocycles. The predicted octanol–water partition coefficient (Wildman–Crippen LogP) is 1.83. The first-order valence-electron chi connectivity index (χ1n) is 9.63. The number of amides is 1. The number of rotatable bonds is 7. The number of esters is 1. The van der Waals surface area contributed by atoms with E-state index in [0.717, 1.165) is 12.8 Å². The summed E-state index contributed by atoms with van der Waals surface area (Å²) in [4.78, 5) is 25.1. The summed E-state index contributed by atoms with van der Waals surface area (Å²) in [6.45, 7) is 0.897. The van der Waals surface area contributed by atoms with Crippen LogP contribution in [0.3, 0.4) is 0 Å². The van der Waals surface area contributed by atoms with E-state index in [1.165, 1.54) is 61.0 Å². The monoisotopic (exact) mass is 448 g/mol. The number of sulfonamides is 1. The second kappa shape index (κ2) is 9.36. The van der Waals surface area contributed by atoms with Crippen LogP contribution in [0.4, 0.5) is 0 Å². The van der Waals surface area contributed by atoms with Crippen LogP contribution in [0, 0.1) is 0 Å². The maximum absolute atomic E-state index is 12.8. The highest BCUT2D eigenvalue weighted by atomic mass is 32.2. The molecule has 9 nitrogen and oxygen atoms in total. The van der Waals surface area contributed by atoms with Gasteiger partial charge < -0.3 is 19.9 Å². The molecular formula is C21H24N2O7S. The topological polar surface area (TPSA) is 122 Å². The van der Waals surface area contributed by atoms with E-state index in [2.05, 4.69) is 5.32 Å². The molecule has 1 fully saturated rings. The van der Waals surface area contributed by atoms with Crippen LogP contribution < -0.4 is 10.1 Å². The molecule has 1 saturated heterocycles. The van der Waals surface area contributed by atoms with Crippen LogP contribution in [0.2, 0.25) is 0 Å². The first kappa shape index (κ1) is 22.6. The Hall–Kier alpha value is -3.11. The highest BCUT2D eigenvalue weighted by Crippen LogP contribution is 2.29. The second-order valence-corrected chi connectivity index (χ2v) is 8.94. The molecule has 166 valence electrons. The van der Waals surface area contributed by atoms with Gasteiger partial charge in [0.2, 0.25) is 10.0 Å². The zero-order valence-corrected chi connectivity index (χ0v) is 18.0. The summed E-state index contributed by atoms with van der Waals surface area (Å²) in [7, 11) is -1.13. The van der Waals surface area contributed by atoms with Gasteiger partial charge in [-0.15, -0.1) is 0 Å². The Bertz CT molecular complexity index is 1080. The van der Waals surface area contributed by atoms with Crippen molar-refractivity contribution < 1.29 is 32.6 Å². The molecule has 1 unspecified atom stereocenters. The standard InChI is InChI=1S/C21H24N2O7S/c1-29-18-9-8-14(13-17(18)24)19(21(26)30-2)22-20(25)15-6-5-7-16(12-15)31(27,28)23-10-3-4-11-23/h5-9,12-13,19,24H,3-4,10-11H2,1-2H3,(H,22,25). The van der Waals surface area contributed by atoms with Crippen molar-refractivity contribution in [3.8, 4) is 11.5 Å². The number of ether oxygens (including phenoxy) is 2. The lowest BCUT2D eigenvalue weighted by molar-refractivity contribution is -0.143. The number of aromatic hydroxyl groups is 1. The summed E-state index contributed by atoms with van der Waals surface area (Å²) in [6, 6.07) is 8.68. The molecule has 0 saturated carbocycles. The van der Waals surface area contributed by atoms with Gasteiger partial charge in [-0.1, -0.05) is 12.1 Å². The summed E-state index contributed by atoms with van der Waals surface area (Å²) in [5.41, 5.74) is 0.353. The van der Waals surface area contributed by atoms with Crippen molar-refractivity contribution in [2.45, 2.75) is 23.8 Å². The van der Waals surface area contributed by atoms with Crippen molar-refractivity contribution in [3.63, 3.8) is 0 Å². The minimum Gasteiger partial charge on any atom is -0.504 e. The number of methoxy groups -OCH3 is 2. The van der Waals surface area contributed by atoms with E-state index in [4.69, 9.17) is 9.47 Å². The molecule has 0 radical (unpaired) electrons. The molecule has 2 aromatic rings. The molecule has 0 bridgehead atoms. The van der Waals surface area contributed by atoms with Gasteiger partial charge in [0.1, 0.15) is 0 Å². The van der Waals surface area contributed by atoms with Gasteiger partial charge in [-0.25, -0.2) is 13.2 Å². The quantitative estimate of drug-likeness (QED) is 0.620. The molecule has 0 spiro atoms. The highest BCUT2D eigenvalue weighted by Gasteiger charge is 2.29. The van der Waals surface area contributed by atoms with E-state index < -0.39 is 27.9 Å². The van der Waals surface area contributed by atoms with Crippen LogP contribution in [0.5, 0.6) is 11.5 Å². The molecule has 31 heavy (non-hydrogen) atoms. The van der Waals surface area contributed by atoms with Crippen LogP contribution in [-0.4, -0.2) is 57.0 Å². The Labute approximate surface area is 180 Å². The first-order valence-corrected chi connectivity index (χ1v) is 11.1. The van der Waals surface area contributed by atoms with E-state index in [1.54, 1.807) is 0 Å². The molecule has 0 aliphatic carbocycles. The van der Waals surface area contributed by atoms with E-state index in [9.17, 15) is 23.1 Å². The van der Waals surface area contributed by atoms with Gasteiger partial charge in [0, 0.05) is 18.7 Å². The summed E-state index contributed by atoms with van der Waals surface area (Å²) < 4.78 is 36.7. The molecule has 1 amide bonds. The Kier molecular flexibility index (Phi) is 6.81. The lowest BCUT2D eigenvalue weighted by Crippen LogP contribution is -2.34. The fourth-order valence-corrected chi connectivity index (χ4v) is 4.94. The molecule has 2 aromatic carbocycles. The highest BCUT2D eigenvalue weighted by molar-refractivity contribution is 7.89. The maximum Gasteiger partial charge on any atom is 0.333 e. The number of carbonyl (C=O) groups excluding carboxylic acids is 2. The van der Waals surface area contributed by atoms with E-state index in [1.807, 2.05) is 0 Å². The number of phenols is 1. The summed E-state index contributed by atoms with van der Waals surface area (Å²) >= 11 is 0. The van der Waals surface area contributed by atoms with Gasteiger partial charge in [-0.3, -0.25) is 4.79 Å². The Morgan fingerprint density at radius 1 is 1.10 bits per heavy atom. The third kappa shape index (κ3) is 4.80. The number of benzene rings is 2. The first-order chi connectivity index (χ1) is 14.8. The van der Waals surface area contributed by atoms with Crippen LogP contribution >= 0.6 is 0 Å². The summed E-state index contributed by atoms with van der Waals surface area (Å²) in [6.07, 6.45) is 1.60. The van der Waals surface area contributed by atoms with Crippen LogP contribution in [0.15, 0.2) is 47.4 Å². The smallest absolute Gasteiger partial charge is 0.333 e. The molecule has 0 aromatic heterocycles. The van der Waals surface area contributed by atoms with E-state index in [0.29, 0.717) is 13.1 Å². The number of phenolic OH excluding ortho intramolecular Hbond substituents is 1. The van der Waals surface area contributed by atoms with Gasteiger partial charge in [0.15, 0.2) is 17.5 Å². The van der Waals surface area contributed by atoms with Crippen LogP contribution in [0.25, 0.3) is 0 Å². The molecule has 3 rings (SSSR count). The van der Waals surface area contributed by atoms with Crippen molar-refractivity contribution in [2.24, 2.45) is 0 Å². The van der Waals surface area contributed by atoms with Crippen molar-refractivity contribution in [1.82, 2.24) is 9.62 Å². The number of hydrogen-bond acceptors (Lipinski definition) is 7. The van der Waals surface area contributed by atoms with Crippen molar-refractivity contribution in [1.29, 1.82) is 0 Å². The average Bonchev–Trinajstić information content (AvgIpc) is 3.32. The van der Waals surface area contributed by atoms with Gasteiger partial charge in [-0.2, -0.15) is 4.31 Å². The fourth-order valence-electron chi connectivity index (χ4n) is 3.37. The number of nitrogens with zero attached hydrogens (tertiary/aromatic N) is 1. The summed E-state index contributed by atoms with van der Waals surface area (Å²) in [5, 5.41) is 12.6. The fraction of sp³-hybridized carbons (Fsp3) is 0.333. The molecule has 10 heteroatoms. The van der Waals surface area contributed by atoms with Crippen molar-refractivity contribution >= 4 is 21.9 Å². The van der Waals surface area contributed by atoms with Crippen molar-refractivity contribution in [3.05, 3.63) is 53.6 Å². The number of carbonyl (C=O) groups is 2. The molecule has 1 atom stereocenters. The number of nitrogens with one attached hydrogen (secondary N) is 1. The van der Waals surface area contributed by atoms with Crippen LogP contribution in [0.1, 0.15) is 34.8 Å². The lowest BCUT2D eigenvalue weighted by Gasteiger charge is -2.19. The zero-order chi connectivity index (χ0) is 22.6. The Balaban J connectivity index is 1.87. The third-order valence-corrected chi connectivity index (χ3v) is 6.94. The van der Waals surface area contributed by atoms with Crippen molar-refractivity contribution in [2.75, 3.05) is 27.3 Å². The Morgan fingerprint density at radius 2 is 1.81 bits per heavy atom. The predicted molar refractivity (Wildman–Crippen MR) is 111 cm³/mol. The minimum atomic E-state index is -3.69. The average molecular weight is 448 g/mol. The third-order valence-electron chi connectivity index (χ3n) is 5.05. The molecule has 2 N–H and O–H groups in total. The number of hydrogen-bond donors (Lipinski definition) is 2. The summed E-state index contributed by atoms with van der Waals surface area (Å²) in [5.74, 6) is -1.41. The van der Waals surface area contributed by atoms with E-state index in [-0.39, 0.29) is 27.5 Å². The molecular weight excluding hydrogens is 424 g/mol. The lowest BCUT2D eigenvalue weighted by atomic mass is 10.1. The van der Waals surface area contributed by atoms with Gasteiger partial charge in [-0.05, 0) is 48.7 Å². The normalized spacial score (nSPS) is 15.3. The molecule has 1 heterocycles. The largest absolute Gasteiger partial charge is 0.504 e. The zero-order valence-electron chi connectivity index (χ0n) is 17.2. The second-order valence-electron chi connectivity index (χ2n) is 7.00. The van der Waals surface area contributed by atoms with Gasteiger partial charge >= 0.3 is 5.97 Å². The van der Waals surface area contributed by atoms with Gasteiger partial charge in [0.05, 0.1) is 19.1 Å². The maximum atomic E-state index is 12.8. The Morgan fingerprint density at radius 3 is 2.42 bits per heavy atom. The minimum absolute atomic E-state index is 0.0127. The van der Waals surface area contributed by atoms with Gasteiger partial charge in [0.25, 0.3) is 5.91 Å².